The van der Waals surface area contributed by atoms with Crippen molar-refractivity contribution in [2.75, 3.05) is 24.2 Å². The molecule has 2 N–H and O–H groups in total. The number of nitrogens with one attached hydrogen (secondary N) is 2. The van der Waals surface area contributed by atoms with Crippen molar-refractivity contribution in [3.8, 4) is 0 Å². The monoisotopic (exact) mass is 471 g/mol. The highest BCUT2D eigenvalue weighted by atomic mass is 32.2. The molecule has 3 rings (SSSR count). The molecule has 2 amide bonds. The van der Waals surface area contributed by atoms with Crippen molar-refractivity contribution in [2.45, 2.75) is 45.6 Å². The zero-order valence-electron chi connectivity index (χ0n) is 19.3. The third kappa shape index (κ3) is 7.14. The number of piperidine rings is 1. The molecule has 0 bridgehead atoms. The standard InChI is InChI=1S/C25H33N3O4S/c1-19(2)26-25(30)22-14-6-7-15-23(22)27-24(29)21-13-8-16-28(18-21)33(31,32)17-9-12-20-10-4-3-5-11-20/h3-7,10-11,14-15,19,21H,8-9,12-13,16-18H2,1-2H3,(H,26,30)(H,27,29)/t21-/m1/s1. The van der Waals surface area contributed by atoms with Crippen LogP contribution < -0.4 is 10.6 Å². The first-order chi connectivity index (χ1) is 15.8. The average molecular weight is 472 g/mol. The van der Waals surface area contributed by atoms with E-state index in [9.17, 15) is 18.0 Å². The Hall–Kier alpha value is -2.71. The van der Waals surface area contributed by atoms with Crippen LogP contribution in [0.15, 0.2) is 54.6 Å². The number of amides is 2. The summed E-state index contributed by atoms with van der Waals surface area (Å²) in [6.45, 7) is 4.34. The van der Waals surface area contributed by atoms with E-state index in [0.717, 1.165) is 5.56 Å². The number of sulfonamides is 1. The number of carbonyl (C=O) groups excluding carboxylic acids is 2. The maximum Gasteiger partial charge on any atom is 0.253 e. The van der Waals surface area contributed by atoms with Gasteiger partial charge in [0.2, 0.25) is 15.9 Å². The molecule has 1 heterocycles. The second-order valence-corrected chi connectivity index (χ2v) is 10.9. The molecule has 1 atom stereocenters. The highest BCUT2D eigenvalue weighted by Crippen LogP contribution is 2.23. The first kappa shape index (κ1) is 24.9. The van der Waals surface area contributed by atoms with Gasteiger partial charge in [0.05, 0.1) is 22.9 Å². The van der Waals surface area contributed by atoms with Crippen molar-refractivity contribution in [2.24, 2.45) is 5.92 Å². The molecule has 0 saturated carbocycles. The van der Waals surface area contributed by atoms with Crippen molar-refractivity contribution in [3.63, 3.8) is 0 Å². The maximum absolute atomic E-state index is 13.0. The Bertz CT molecular complexity index is 1050. The molecule has 0 unspecified atom stereocenters. The molecule has 2 aromatic carbocycles. The van der Waals surface area contributed by atoms with Crippen molar-refractivity contribution in [1.82, 2.24) is 9.62 Å². The number of hydrogen-bond donors (Lipinski definition) is 2. The summed E-state index contributed by atoms with van der Waals surface area (Å²) in [5, 5.41) is 5.68. The average Bonchev–Trinajstić information content (AvgIpc) is 2.79. The summed E-state index contributed by atoms with van der Waals surface area (Å²) < 4.78 is 27.2. The van der Waals surface area contributed by atoms with Gasteiger partial charge < -0.3 is 10.6 Å². The minimum absolute atomic E-state index is 0.0275. The molecular weight excluding hydrogens is 438 g/mol. The molecule has 1 aliphatic heterocycles. The predicted octanol–water partition coefficient (Wildman–Crippen LogP) is 3.44. The van der Waals surface area contributed by atoms with Gasteiger partial charge in [-0.3, -0.25) is 9.59 Å². The van der Waals surface area contributed by atoms with Gasteiger partial charge in [0.15, 0.2) is 0 Å². The number of hydrogen-bond acceptors (Lipinski definition) is 4. The molecule has 2 aromatic rings. The van der Waals surface area contributed by atoms with Crippen molar-refractivity contribution >= 4 is 27.5 Å². The highest BCUT2D eigenvalue weighted by Gasteiger charge is 2.32. The minimum Gasteiger partial charge on any atom is -0.350 e. The van der Waals surface area contributed by atoms with Crippen LogP contribution in [-0.4, -0.2) is 49.4 Å². The lowest BCUT2D eigenvalue weighted by Crippen LogP contribution is -2.44. The van der Waals surface area contributed by atoms with Crippen LogP contribution in [0, 0.1) is 5.92 Å². The number of nitrogens with zero attached hydrogens (tertiary/aromatic N) is 1. The van der Waals surface area contributed by atoms with E-state index >= 15 is 0 Å². The number of rotatable bonds is 9. The van der Waals surface area contributed by atoms with Crippen molar-refractivity contribution < 1.29 is 18.0 Å². The molecular formula is C25H33N3O4S. The summed E-state index contributed by atoms with van der Waals surface area (Å²) in [7, 11) is -3.44. The van der Waals surface area contributed by atoms with E-state index in [4.69, 9.17) is 0 Å². The Labute approximate surface area is 196 Å². The zero-order valence-corrected chi connectivity index (χ0v) is 20.1. The third-order valence-electron chi connectivity index (χ3n) is 5.71. The number of carbonyl (C=O) groups is 2. The van der Waals surface area contributed by atoms with Gasteiger partial charge in [0.1, 0.15) is 0 Å². The van der Waals surface area contributed by atoms with Crippen molar-refractivity contribution in [1.29, 1.82) is 0 Å². The smallest absolute Gasteiger partial charge is 0.253 e. The second-order valence-electron chi connectivity index (χ2n) is 8.77. The molecule has 178 valence electrons. The number of aryl methyl sites for hydroxylation is 1. The van der Waals surface area contributed by atoms with Gasteiger partial charge in [0.25, 0.3) is 5.91 Å². The van der Waals surface area contributed by atoms with Crippen LogP contribution in [0.1, 0.15) is 49.0 Å². The van der Waals surface area contributed by atoms with E-state index < -0.39 is 15.9 Å². The molecule has 0 radical (unpaired) electrons. The van der Waals surface area contributed by atoms with E-state index in [1.807, 2.05) is 44.2 Å². The Morgan fingerprint density at radius 1 is 1.06 bits per heavy atom. The van der Waals surface area contributed by atoms with Crippen LogP contribution in [0.4, 0.5) is 5.69 Å². The Kier molecular flexibility index (Phi) is 8.63. The zero-order chi connectivity index (χ0) is 23.8. The van der Waals surface area contributed by atoms with Crippen LogP contribution in [0.3, 0.4) is 0 Å². The quantitative estimate of drug-likeness (QED) is 0.586. The number of anilines is 1. The summed E-state index contributed by atoms with van der Waals surface area (Å²) in [6.07, 6.45) is 2.48. The Morgan fingerprint density at radius 2 is 1.76 bits per heavy atom. The molecule has 1 saturated heterocycles. The first-order valence-electron chi connectivity index (χ1n) is 11.5. The summed E-state index contributed by atoms with van der Waals surface area (Å²) in [6, 6.07) is 16.6. The third-order valence-corrected chi connectivity index (χ3v) is 7.63. The molecule has 33 heavy (non-hydrogen) atoms. The number of para-hydroxylation sites is 1. The molecule has 7 nitrogen and oxygen atoms in total. The minimum atomic E-state index is -3.44. The summed E-state index contributed by atoms with van der Waals surface area (Å²) in [5.74, 6) is -0.908. The fourth-order valence-corrected chi connectivity index (χ4v) is 5.59. The highest BCUT2D eigenvalue weighted by molar-refractivity contribution is 7.89. The van der Waals surface area contributed by atoms with E-state index in [2.05, 4.69) is 10.6 Å². The summed E-state index contributed by atoms with van der Waals surface area (Å²) >= 11 is 0. The number of benzene rings is 2. The maximum atomic E-state index is 13.0. The molecule has 0 aliphatic carbocycles. The van der Waals surface area contributed by atoms with Gasteiger partial charge in [-0.15, -0.1) is 0 Å². The van der Waals surface area contributed by atoms with Gasteiger partial charge in [-0.05, 0) is 57.2 Å². The fourth-order valence-electron chi connectivity index (χ4n) is 4.01. The Morgan fingerprint density at radius 3 is 2.48 bits per heavy atom. The summed E-state index contributed by atoms with van der Waals surface area (Å²) in [5.41, 5.74) is 1.94. The second kappa shape index (κ2) is 11.4. The fraction of sp³-hybridized carbons (Fsp3) is 0.440. The topological polar surface area (TPSA) is 95.6 Å². The van der Waals surface area contributed by atoms with Crippen LogP contribution in [-0.2, 0) is 21.2 Å². The first-order valence-corrected chi connectivity index (χ1v) is 13.1. The van der Waals surface area contributed by atoms with Crippen molar-refractivity contribution in [3.05, 3.63) is 65.7 Å². The van der Waals surface area contributed by atoms with Gasteiger partial charge in [-0.1, -0.05) is 42.5 Å². The van der Waals surface area contributed by atoms with Gasteiger partial charge in [0, 0.05) is 19.1 Å². The van der Waals surface area contributed by atoms with E-state index in [-0.39, 0.29) is 30.2 Å². The lowest BCUT2D eigenvalue weighted by Gasteiger charge is -2.31. The van der Waals surface area contributed by atoms with E-state index in [0.29, 0.717) is 43.5 Å². The van der Waals surface area contributed by atoms with E-state index in [1.54, 1.807) is 24.3 Å². The lowest BCUT2D eigenvalue weighted by molar-refractivity contribution is -0.120. The largest absolute Gasteiger partial charge is 0.350 e. The molecule has 0 aromatic heterocycles. The predicted molar refractivity (Wildman–Crippen MR) is 131 cm³/mol. The lowest BCUT2D eigenvalue weighted by atomic mass is 9.98. The van der Waals surface area contributed by atoms with Crippen LogP contribution >= 0.6 is 0 Å². The molecule has 1 aliphatic rings. The molecule has 1 fully saturated rings. The SMILES string of the molecule is CC(C)NC(=O)c1ccccc1NC(=O)[C@@H]1CCCN(S(=O)(=O)CCCc2ccccc2)C1. The molecule has 0 spiro atoms. The normalized spacial score (nSPS) is 17.0. The van der Waals surface area contributed by atoms with Gasteiger partial charge in [-0.2, -0.15) is 0 Å². The van der Waals surface area contributed by atoms with E-state index in [1.165, 1.54) is 4.31 Å². The summed E-state index contributed by atoms with van der Waals surface area (Å²) in [4.78, 5) is 25.4. The van der Waals surface area contributed by atoms with Gasteiger partial charge in [-0.25, -0.2) is 12.7 Å². The van der Waals surface area contributed by atoms with Crippen LogP contribution in [0.5, 0.6) is 0 Å². The van der Waals surface area contributed by atoms with Crippen LogP contribution in [0.2, 0.25) is 0 Å². The Balaban J connectivity index is 1.60. The molecule has 8 heteroatoms. The van der Waals surface area contributed by atoms with Crippen LogP contribution in [0.25, 0.3) is 0 Å². The van der Waals surface area contributed by atoms with Gasteiger partial charge >= 0.3 is 0 Å².